The largest absolute Gasteiger partial charge is 0.381 e. The van der Waals surface area contributed by atoms with Gasteiger partial charge in [0.2, 0.25) is 0 Å². The number of hydrogen-bond donors (Lipinski definition) is 0. The summed E-state index contributed by atoms with van der Waals surface area (Å²) in [5.74, 6) is 0.291. The third-order valence-electron chi connectivity index (χ3n) is 1.51. The van der Waals surface area contributed by atoms with E-state index in [1.54, 1.807) is 7.11 Å². The van der Waals surface area contributed by atoms with Crippen LogP contribution in [-0.4, -0.2) is 24.3 Å². The molecule has 1 unspecified atom stereocenters. The van der Waals surface area contributed by atoms with Gasteiger partial charge in [0.1, 0.15) is 5.78 Å². The van der Waals surface area contributed by atoms with E-state index in [0.29, 0.717) is 18.6 Å². The maximum atomic E-state index is 11.1. The van der Waals surface area contributed by atoms with Gasteiger partial charge < -0.3 is 4.74 Å². The second-order valence-corrected chi connectivity index (χ2v) is 3.37. The maximum Gasteiger partial charge on any atom is 0.135 e. The summed E-state index contributed by atoms with van der Waals surface area (Å²) in [5.41, 5.74) is 0. The molecule has 11 heavy (non-hydrogen) atoms. The first kappa shape index (κ1) is 11.1. The van der Waals surface area contributed by atoms with Crippen LogP contribution in [0.1, 0.15) is 26.2 Å². The monoisotopic (exact) mass is 222 g/mol. The second kappa shape index (κ2) is 6.80. The Kier molecular flexibility index (Phi) is 6.87. The maximum absolute atomic E-state index is 11.1. The van der Waals surface area contributed by atoms with Gasteiger partial charge in [-0.05, 0) is 13.3 Å². The highest BCUT2D eigenvalue weighted by Gasteiger charge is 2.06. The van der Waals surface area contributed by atoms with E-state index in [0.717, 1.165) is 11.8 Å². The second-order valence-electron chi connectivity index (χ2n) is 2.58. The molecule has 0 bridgehead atoms. The molecule has 3 heteroatoms. The number of methoxy groups -OCH3 is 1. The molecule has 0 aliphatic carbocycles. The molecule has 0 fully saturated rings. The first-order valence-electron chi connectivity index (χ1n) is 3.81. The molecule has 2 nitrogen and oxygen atoms in total. The number of ether oxygens (including phenoxy) is 1. The number of carbonyl (C=O) groups excluding carboxylic acids is 1. The molecule has 1 atom stereocenters. The van der Waals surface area contributed by atoms with Gasteiger partial charge in [0.25, 0.3) is 0 Å². The molecule has 0 aliphatic rings. The van der Waals surface area contributed by atoms with Gasteiger partial charge in [0, 0.05) is 25.3 Å². The fraction of sp³-hybridized carbons (Fsp3) is 0.875. The van der Waals surface area contributed by atoms with Crippen molar-refractivity contribution in [1.29, 1.82) is 0 Å². The predicted octanol–water partition coefficient (Wildman–Crippen LogP) is 2.16. The van der Waals surface area contributed by atoms with Crippen molar-refractivity contribution in [2.45, 2.75) is 32.3 Å². The number of halogens is 1. The summed E-state index contributed by atoms with van der Waals surface area (Å²) in [6.45, 7) is 1.91. The summed E-state index contributed by atoms with van der Waals surface area (Å²) in [6.07, 6.45) is 2.20. The molecule has 0 aromatic heterocycles. The lowest BCUT2D eigenvalue weighted by molar-refractivity contribution is -0.121. The summed E-state index contributed by atoms with van der Waals surface area (Å²) >= 11 is 3.28. The minimum Gasteiger partial charge on any atom is -0.381 e. The number of carbonyl (C=O) groups is 1. The molecule has 0 radical (unpaired) electrons. The van der Waals surface area contributed by atoms with Crippen LogP contribution in [0.15, 0.2) is 0 Å². The first-order valence-corrected chi connectivity index (χ1v) is 4.93. The molecule has 0 N–H and O–H groups in total. The molecule has 66 valence electrons. The minimum atomic E-state index is 0.0674. The van der Waals surface area contributed by atoms with Gasteiger partial charge >= 0.3 is 0 Å². The molecule has 0 spiro atoms. The molecule has 0 aromatic carbocycles. The van der Waals surface area contributed by atoms with Gasteiger partial charge in [0.05, 0.1) is 6.10 Å². The fourth-order valence-corrected chi connectivity index (χ4v) is 1.05. The van der Waals surface area contributed by atoms with Gasteiger partial charge in [-0.15, -0.1) is 0 Å². The Morgan fingerprint density at radius 3 is 2.73 bits per heavy atom. The topological polar surface area (TPSA) is 26.3 Å². The Hall–Kier alpha value is 0.110. The zero-order valence-electron chi connectivity index (χ0n) is 7.10. The van der Waals surface area contributed by atoms with E-state index >= 15 is 0 Å². The Morgan fingerprint density at radius 2 is 2.27 bits per heavy atom. The Morgan fingerprint density at radius 1 is 1.64 bits per heavy atom. The highest BCUT2D eigenvalue weighted by atomic mass is 79.9. The van der Waals surface area contributed by atoms with Crippen LogP contribution in [0.4, 0.5) is 0 Å². The summed E-state index contributed by atoms with van der Waals surface area (Å²) in [5, 5.41) is 0.903. The van der Waals surface area contributed by atoms with E-state index in [9.17, 15) is 4.79 Å². The molecule has 0 rings (SSSR count). The third-order valence-corrected chi connectivity index (χ3v) is 2.07. The molecule has 0 heterocycles. The van der Waals surface area contributed by atoms with Gasteiger partial charge in [-0.25, -0.2) is 0 Å². The van der Waals surface area contributed by atoms with Crippen LogP contribution in [0.2, 0.25) is 0 Å². The summed E-state index contributed by atoms with van der Waals surface area (Å²) in [4.78, 5) is 11.1. The van der Waals surface area contributed by atoms with Crippen molar-refractivity contribution in [3.63, 3.8) is 0 Å². The van der Waals surface area contributed by atoms with Crippen molar-refractivity contribution in [3.8, 4) is 0 Å². The van der Waals surface area contributed by atoms with Crippen molar-refractivity contribution < 1.29 is 9.53 Å². The van der Waals surface area contributed by atoms with Crippen molar-refractivity contribution >= 4 is 21.7 Å². The van der Waals surface area contributed by atoms with Gasteiger partial charge in [0.15, 0.2) is 0 Å². The van der Waals surface area contributed by atoms with Crippen LogP contribution >= 0.6 is 15.9 Å². The van der Waals surface area contributed by atoms with Gasteiger partial charge in [-0.2, -0.15) is 0 Å². The highest BCUT2D eigenvalue weighted by Crippen LogP contribution is 2.02. The lowest BCUT2D eigenvalue weighted by Gasteiger charge is -2.06. The lowest BCUT2D eigenvalue weighted by atomic mass is 10.1. The van der Waals surface area contributed by atoms with Crippen LogP contribution in [0.5, 0.6) is 0 Å². The van der Waals surface area contributed by atoms with Crippen LogP contribution in [0.3, 0.4) is 0 Å². The van der Waals surface area contributed by atoms with E-state index in [4.69, 9.17) is 4.74 Å². The average molecular weight is 223 g/mol. The smallest absolute Gasteiger partial charge is 0.135 e. The van der Waals surface area contributed by atoms with Crippen molar-refractivity contribution in [1.82, 2.24) is 0 Å². The van der Waals surface area contributed by atoms with Gasteiger partial charge in [-0.3, -0.25) is 4.79 Å². The van der Waals surface area contributed by atoms with E-state index in [2.05, 4.69) is 15.9 Å². The van der Waals surface area contributed by atoms with E-state index in [-0.39, 0.29) is 6.10 Å². The molecule has 0 saturated carbocycles. The van der Waals surface area contributed by atoms with Crippen molar-refractivity contribution in [2.24, 2.45) is 0 Å². The lowest BCUT2D eigenvalue weighted by Crippen LogP contribution is -2.11. The molecular weight excluding hydrogens is 208 g/mol. The van der Waals surface area contributed by atoms with Gasteiger partial charge in [-0.1, -0.05) is 15.9 Å². The Bertz CT molecular complexity index is 115. The number of ketones is 1. The molecule has 0 saturated heterocycles. The van der Waals surface area contributed by atoms with Crippen LogP contribution in [-0.2, 0) is 9.53 Å². The zero-order valence-corrected chi connectivity index (χ0v) is 8.69. The molecule has 0 aromatic rings. The standard InChI is InChI=1S/C8H15BrO2/c1-7(11-2)6-8(10)4-3-5-9/h7H,3-6H2,1-2H3. The Labute approximate surface area is 76.4 Å². The first-order chi connectivity index (χ1) is 5.20. The van der Waals surface area contributed by atoms with Crippen molar-refractivity contribution in [3.05, 3.63) is 0 Å². The van der Waals surface area contributed by atoms with E-state index in [1.807, 2.05) is 6.92 Å². The van der Waals surface area contributed by atoms with Crippen LogP contribution < -0.4 is 0 Å². The summed E-state index contributed by atoms with van der Waals surface area (Å²) in [7, 11) is 1.63. The number of Topliss-reactive ketones (excluding diaryl/α,β-unsaturated/α-hetero) is 1. The highest BCUT2D eigenvalue weighted by molar-refractivity contribution is 9.09. The fourth-order valence-electron chi connectivity index (χ4n) is 0.770. The molecule has 0 amide bonds. The van der Waals surface area contributed by atoms with E-state index < -0.39 is 0 Å². The number of hydrogen-bond acceptors (Lipinski definition) is 2. The third kappa shape index (κ3) is 6.51. The normalized spacial score (nSPS) is 13.0. The molecule has 0 aliphatic heterocycles. The number of rotatable bonds is 6. The quantitative estimate of drug-likeness (QED) is 0.645. The summed E-state index contributed by atoms with van der Waals surface area (Å²) in [6, 6.07) is 0. The minimum absolute atomic E-state index is 0.0674. The zero-order chi connectivity index (χ0) is 8.69. The molecular formula is C8H15BrO2. The summed E-state index contributed by atoms with van der Waals surface area (Å²) < 4.78 is 4.97. The average Bonchev–Trinajstić information content (AvgIpc) is 2.00. The van der Waals surface area contributed by atoms with Crippen LogP contribution in [0, 0.1) is 0 Å². The van der Waals surface area contributed by atoms with Crippen molar-refractivity contribution in [2.75, 3.05) is 12.4 Å². The number of alkyl halides is 1. The van der Waals surface area contributed by atoms with E-state index in [1.165, 1.54) is 0 Å². The Balaban J connectivity index is 3.36. The predicted molar refractivity (Wildman–Crippen MR) is 49.1 cm³/mol. The SMILES string of the molecule is COC(C)CC(=O)CCCBr. The van der Waals surface area contributed by atoms with Crippen LogP contribution in [0.25, 0.3) is 0 Å².